The fourth-order valence-corrected chi connectivity index (χ4v) is 1.37. The molecule has 1 aromatic heterocycles. The summed E-state index contributed by atoms with van der Waals surface area (Å²) in [7, 11) is 1.00. The molecule has 0 saturated heterocycles. The minimum Gasteiger partial charge on any atom is -0.481 e. The van der Waals surface area contributed by atoms with Crippen molar-refractivity contribution >= 4 is 24.2 Å². The van der Waals surface area contributed by atoms with Gasteiger partial charge in [-0.15, -0.1) is 0 Å². The first-order chi connectivity index (χ1) is 12.7. The van der Waals surface area contributed by atoms with Gasteiger partial charge in [0.15, 0.2) is 0 Å². The van der Waals surface area contributed by atoms with Crippen LogP contribution in [-0.4, -0.2) is 51.7 Å². The Balaban J connectivity index is 0. The van der Waals surface area contributed by atoms with Gasteiger partial charge in [-0.05, 0) is 0 Å². The Morgan fingerprint density at radius 2 is 1.70 bits per heavy atom. The highest BCUT2D eigenvalue weighted by atomic mass is 16.6. The van der Waals surface area contributed by atoms with Crippen LogP contribution < -0.4 is 11.1 Å². The number of cyclic esters (lactones) is 2. The van der Waals surface area contributed by atoms with Gasteiger partial charge < -0.3 is 19.7 Å². The van der Waals surface area contributed by atoms with Crippen molar-refractivity contribution in [1.29, 1.82) is 0 Å². The zero-order valence-electron chi connectivity index (χ0n) is 15.1. The Morgan fingerprint density at radius 3 is 2.11 bits per heavy atom. The highest BCUT2D eigenvalue weighted by Crippen LogP contribution is 2.11. The van der Waals surface area contributed by atoms with Crippen LogP contribution in [0, 0.1) is 0 Å². The molecule has 27 heavy (non-hydrogen) atoms. The summed E-state index contributed by atoms with van der Waals surface area (Å²) in [5.74, 6) is -2.83. The van der Waals surface area contributed by atoms with Crippen LogP contribution in [0.3, 0.4) is 0 Å². The number of nitrogens with one attached hydrogen (secondary N) is 2. The first kappa shape index (κ1) is 25.9. The Morgan fingerprint density at radius 1 is 1.15 bits per heavy atom. The zero-order valence-corrected chi connectivity index (χ0v) is 15.1. The maximum absolute atomic E-state index is 10.8. The number of hydrogen-bond donors (Lipinski definition) is 4. The smallest absolute Gasteiger partial charge is 0.342 e. The second-order valence-electron chi connectivity index (χ2n) is 4.64. The number of carboxylic acids is 1. The predicted octanol–water partition coefficient (Wildman–Crippen LogP) is -0.700. The van der Waals surface area contributed by atoms with E-state index < -0.39 is 35.4 Å². The molecule has 4 N–H and O–H groups in total. The molecule has 1 aliphatic rings. The number of aromatic nitrogens is 2. The standard InChI is InChI=1S/C6H6N2O3.C6H4O5.C3H8.CH4O/c9-2-1-4-3-5(10)7-8-6(4)11;7-4(8)1-3-2-5(9)11-6(3)10;1-3-2;1-2/h2-3H,1H2,(H,7,10)(H,8,11);2H,1H2,(H,7,8);3H2,1-2H3;2H,1H3. The van der Waals surface area contributed by atoms with Gasteiger partial charge in [0, 0.05) is 31.2 Å². The average molecular weight is 386 g/mol. The van der Waals surface area contributed by atoms with Gasteiger partial charge in [0.25, 0.3) is 11.1 Å². The Labute approximate surface area is 153 Å². The molecule has 0 spiro atoms. The van der Waals surface area contributed by atoms with Crippen LogP contribution in [0.1, 0.15) is 32.3 Å². The molecule has 0 unspecified atom stereocenters. The second-order valence-corrected chi connectivity index (χ2v) is 4.64. The molecule has 0 radical (unpaired) electrons. The molecule has 11 heteroatoms. The molecule has 1 aromatic rings. The van der Waals surface area contributed by atoms with Crippen LogP contribution in [0.5, 0.6) is 0 Å². The summed E-state index contributed by atoms with van der Waals surface area (Å²) in [6.45, 7) is 4.25. The summed E-state index contributed by atoms with van der Waals surface area (Å²) >= 11 is 0. The maximum atomic E-state index is 10.8. The number of aromatic amines is 2. The number of hydrogen-bond acceptors (Lipinski definition) is 8. The lowest BCUT2D eigenvalue weighted by Gasteiger charge is -1.90. The van der Waals surface area contributed by atoms with Gasteiger partial charge >= 0.3 is 17.9 Å². The highest BCUT2D eigenvalue weighted by Gasteiger charge is 2.24. The molecule has 0 saturated carbocycles. The number of esters is 2. The third-order valence-electron chi connectivity index (χ3n) is 2.29. The minimum atomic E-state index is -1.16. The van der Waals surface area contributed by atoms with Gasteiger partial charge in [-0.3, -0.25) is 24.6 Å². The van der Waals surface area contributed by atoms with Gasteiger partial charge in [-0.25, -0.2) is 9.59 Å². The molecule has 0 aromatic carbocycles. The largest absolute Gasteiger partial charge is 0.481 e. The molecule has 0 bridgehead atoms. The first-order valence-electron chi connectivity index (χ1n) is 7.62. The maximum Gasteiger partial charge on any atom is 0.342 e. The van der Waals surface area contributed by atoms with E-state index in [1.54, 1.807) is 0 Å². The van der Waals surface area contributed by atoms with Crippen molar-refractivity contribution in [2.45, 2.75) is 33.1 Å². The number of H-pyrrole nitrogens is 2. The van der Waals surface area contributed by atoms with Crippen LogP contribution >= 0.6 is 0 Å². The number of aldehydes is 1. The lowest BCUT2D eigenvalue weighted by atomic mass is 10.2. The molecule has 0 aliphatic carbocycles. The number of carbonyl (C=O) groups is 4. The van der Waals surface area contributed by atoms with E-state index in [4.69, 9.17) is 10.2 Å². The third kappa shape index (κ3) is 11.8. The van der Waals surface area contributed by atoms with Gasteiger partial charge in [0.2, 0.25) is 0 Å². The molecular formula is C16H22N2O9. The molecule has 2 heterocycles. The van der Waals surface area contributed by atoms with Gasteiger partial charge in [-0.1, -0.05) is 20.3 Å². The Bertz CT molecular complexity index is 775. The highest BCUT2D eigenvalue weighted by molar-refractivity contribution is 6.10. The van der Waals surface area contributed by atoms with Gasteiger partial charge in [-0.2, -0.15) is 0 Å². The van der Waals surface area contributed by atoms with E-state index in [-0.39, 0.29) is 17.6 Å². The van der Waals surface area contributed by atoms with Crippen molar-refractivity contribution < 1.29 is 34.1 Å². The Hall–Kier alpha value is -3.34. The van der Waals surface area contributed by atoms with Crippen molar-refractivity contribution in [3.8, 4) is 0 Å². The number of carboxylic acid groups (broad SMARTS) is 1. The lowest BCUT2D eigenvalue weighted by Crippen LogP contribution is -2.21. The van der Waals surface area contributed by atoms with E-state index in [9.17, 15) is 28.8 Å². The second kappa shape index (κ2) is 15.0. The molecule has 2 rings (SSSR count). The number of aliphatic hydroxyl groups excluding tert-OH is 1. The fraction of sp³-hybridized carbons (Fsp3) is 0.375. The molecule has 150 valence electrons. The number of aliphatic carboxylic acids is 1. The monoisotopic (exact) mass is 386 g/mol. The summed E-state index contributed by atoms with van der Waals surface area (Å²) in [6.07, 6.45) is 2.21. The number of carbonyl (C=O) groups excluding carboxylic acids is 3. The Kier molecular flexibility index (Phi) is 14.3. The molecule has 0 atom stereocenters. The van der Waals surface area contributed by atoms with Crippen molar-refractivity contribution in [2.75, 3.05) is 7.11 Å². The number of rotatable bonds is 4. The van der Waals surface area contributed by atoms with E-state index in [0.29, 0.717) is 6.29 Å². The zero-order chi connectivity index (χ0) is 21.4. The first-order valence-corrected chi connectivity index (χ1v) is 7.62. The topological polar surface area (TPSA) is 184 Å². The quantitative estimate of drug-likeness (QED) is 0.295. The summed E-state index contributed by atoms with van der Waals surface area (Å²) in [6, 6.07) is 1.10. The van der Waals surface area contributed by atoms with Crippen molar-refractivity contribution in [2.24, 2.45) is 0 Å². The minimum absolute atomic E-state index is 0.0285. The van der Waals surface area contributed by atoms with Crippen LogP contribution in [0.4, 0.5) is 0 Å². The molecule has 0 fully saturated rings. The van der Waals surface area contributed by atoms with E-state index >= 15 is 0 Å². The van der Waals surface area contributed by atoms with E-state index in [0.717, 1.165) is 19.3 Å². The molecule has 11 nitrogen and oxygen atoms in total. The molecular weight excluding hydrogens is 364 g/mol. The summed E-state index contributed by atoms with van der Waals surface area (Å²) in [5.41, 5.74) is -0.774. The summed E-state index contributed by atoms with van der Waals surface area (Å²) in [5, 5.41) is 19.4. The third-order valence-corrected chi connectivity index (χ3v) is 2.29. The fourth-order valence-electron chi connectivity index (χ4n) is 1.37. The van der Waals surface area contributed by atoms with E-state index in [1.165, 1.54) is 6.42 Å². The van der Waals surface area contributed by atoms with Crippen LogP contribution in [0.2, 0.25) is 0 Å². The predicted molar refractivity (Wildman–Crippen MR) is 93.0 cm³/mol. The van der Waals surface area contributed by atoms with E-state index in [1.807, 2.05) is 0 Å². The number of aliphatic hydroxyl groups is 1. The molecule has 1 aliphatic heterocycles. The van der Waals surface area contributed by atoms with Crippen molar-refractivity contribution in [3.63, 3.8) is 0 Å². The molecule has 0 amide bonds. The van der Waals surface area contributed by atoms with Crippen LogP contribution in [0.15, 0.2) is 27.3 Å². The lowest BCUT2D eigenvalue weighted by molar-refractivity contribution is -0.151. The van der Waals surface area contributed by atoms with Crippen molar-refractivity contribution in [3.05, 3.63) is 44.0 Å². The summed E-state index contributed by atoms with van der Waals surface area (Å²) < 4.78 is 4.04. The number of ether oxygens (including phenoxy) is 1. The van der Waals surface area contributed by atoms with E-state index in [2.05, 4.69) is 28.8 Å². The normalized spacial score (nSPS) is 11.3. The SMILES string of the molecule is CCC.CO.O=C(O)CC1=CC(=O)OC1=O.O=CCc1cc(=O)[nH][nH]c1=O. The average Bonchev–Trinajstić information content (AvgIpc) is 2.91. The van der Waals surface area contributed by atoms with Crippen LogP contribution in [-0.2, 0) is 30.3 Å². The van der Waals surface area contributed by atoms with Gasteiger partial charge in [0.1, 0.15) is 6.29 Å². The van der Waals surface area contributed by atoms with Crippen LogP contribution in [0.25, 0.3) is 0 Å². The summed E-state index contributed by atoms with van der Waals surface area (Å²) in [4.78, 5) is 62.3. The van der Waals surface area contributed by atoms with Gasteiger partial charge in [0.05, 0.1) is 12.0 Å². The van der Waals surface area contributed by atoms with Crippen molar-refractivity contribution in [1.82, 2.24) is 10.2 Å².